The molecule has 2 atom stereocenters. The number of benzene rings is 2. The van der Waals surface area contributed by atoms with Crippen molar-refractivity contribution in [1.29, 1.82) is 0 Å². The number of carbonyl (C=O) groups excluding carboxylic acids is 2. The third-order valence-corrected chi connectivity index (χ3v) is 4.13. The number of Topliss-reactive ketones (excluding diaryl/α,β-unsaturated/α-hetero) is 1. The summed E-state index contributed by atoms with van der Waals surface area (Å²) in [6, 6.07) is 13.4. The molecule has 0 unspecified atom stereocenters. The first-order valence-electron chi connectivity index (χ1n) is 6.37. The van der Waals surface area contributed by atoms with Crippen LogP contribution in [-0.4, -0.2) is 16.9 Å². The van der Waals surface area contributed by atoms with Crippen LogP contribution >= 0.6 is 15.9 Å². The standard InChI is InChI=1S/C16H11BrO4/c17-11-7-3-1-5-9(11)14(18)13-15(19)10-6-2-4-8-12(10)21-16(13)20/h1-8,13,15,19H/t13-,15-/m1/s1. The van der Waals surface area contributed by atoms with Crippen molar-refractivity contribution < 1.29 is 19.4 Å². The fourth-order valence-corrected chi connectivity index (χ4v) is 2.86. The summed E-state index contributed by atoms with van der Waals surface area (Å²) in [6.45, 7) is 0. The van der Waals surface area contributed by atoms with E-state index in [9.17, 15) is 14.7 Å². The van der Waals surface area contributed by atoms with E-state index in [1.54, 1.807) is 48.5 Å². The van der Waals surface area contributed by atoms with Gasteiger partial charge in [-0.2, -0.15) is 0 Å². The van der Waals surface area contributed by atoms with Crippen molar-refractivity contribution in [3.63, 3.8) is 0 Å². The smallest absolute Gasteiger partial charge is 0.325 e. The molecule has 0 radical (unpaired) electrons. The number of aliphatic hydroxyl groups excluding tert-OH is 1. The average molecular weight is 347 g/mol. The van der Waals surface area contributed by atoms with Crippen LogP contribution in [0.4, 0.5) is 0 Å². The molecule has 0 amide bonds. The van der Waals surface area contributed by atoms with Crippen LogP contribution in [0.15, 0.2) is 53.0 Å². The normalized spacial score (nSPS) is 20.6. The fraction of sp³-hybridized carbons (Fsp3) is 0.125. The first-order valence-corrected chi connectivity index (χ1v) is 7.16. The zero-order chi connectivity index (χ0) is 15.0. The minimum absolute atomic E-state index is 0.297. The monoisotopic (exact) mass is 346 g/mol. The summed E-state index contributed by atoms with van der Waals surface area (Å²) in [7, 11) is 0. The molecule has 2 aromatic carbocycles. The predicted molar refractivity (Wildman–Crippen MR) is 79.0 cm³/mol. The third-order valence-electron chi connectivity index (χ3n) is 3.44. The Morgan fingerprint density at radius 3 is 2.52 bits per heavy atom. The van der Waals surface area contributed by atoms with Gasteiger partial charge in [0.15, 0.2) is 11.7 Å². The zero-order valence-electron chi connectivity index (χ0n) is 10.8. The van der Waals surface area contributed by atoms with E-state index in [1.165, 1.54) is 0 Å². The van der Waals surface area contributed by atoms with Gasteiger partial charge in [0.1, 0.15) is 11.9 Å². The Bertz CT molecular complexity index is 726. The van der Waals surface area contributed by atoms with Crippen molar-refractivity contribution in [3.8, 4) is 5.75 Å². The van der Waals surface area contributed by atoms with Crippen molar-refractivity contribution in [2.45, 2.75) is 6.10 Å². The van der Waals surface area contributed by atoms with Gasteiger partial charge >= 0.3 is 5.97 Å². The first-order chi connectivity index (χ1) is 10.1. The van der Waals surface area contributed by atoms with Gasteiger partial charge in [-0.05, 0) is 12.1 Å². The quantitative estimate of drug-likeness (QED) is 0.393. The van der Waals surface area contributed by atoms with Gasteiger partial charge in [-0.3, -0.25) is 9.59 Å². The molecule has 0 aromatic heterocycles. The minimum atomic E-state index is -1.25. The number of aliphatic hydroxyl groups is 1. The van der Waals surface area contributed by atoms with Crippen LogP contribution in [0.3, 0.4) is 0 Å². The van der Waals surface area contributed by atoms with Crippen molar-refractivity contribution in [2.24, 2.45) is 5.92 Å². The maximum absolute atomic E-state index is 12.6. The minimum Gasteiger partial charge on any atom is -0.426 e. The van der Waals surface area contributed by atoms with E-state index in [0.717, 1.165) is 0 Å². The van der Waals surface area contributed by atoms with Gasteiger partial charge < -0.3 is 9.84 Å². The maximum Gasteiger partial charge on any atom is 0.325 e. The Labute approximate surface area is 129 Å². The van der Waals surface area contributed by atoms with E-state index in [-0.39, 0.29) is 0 Å². The molecule has 5 heteroatoms. The number of rotatable bonds is 2. The van der Waals surface area contributed by atoms with Crippen LogP contribution in [0.25, 0.3) is 0 Å². The molecule has 1 N–H and O–H groups in total. The van der Waals surface area contributed by atoms with Crippen molar-refractivity contribution in [3.05, 3.63) is 64.1 Å². The molecule has 0 saturated heterocycles. The molecule has 0 saturated carbocycles. The summed E-state index contributed by atoms with van der Waals surface area (Å²) in [5.74, 6) is -2.15. The largest absolute Gasteiger partial charge is 0.426 e. The van der Waals surface area contributed by atoms with Gasteiger partial charge in [0.2, 0.25) is 0 Å². The van der Waals surface area contributed by atoms with Crippen LogP contribution in [0, 0.1) is 5.92 Å². The topological polar surface area (TPSA) is 63.6 Å². The number of halogens is 1. The second-order valence-corrected chi connectivity index (χ2v) is 5.58. The molecule has 1 aliphatic heterocycles. The average Bonchev–Trinajstić information content (AvgIpc) is 2.47. The highest BCUT2D eigenvalue weighted by Crippen LogP contribution is 2.38. The van der Waals surface area contributed by atoms with Gasteiger partial charge in [0, 0.05) is 15.6 Å². The Balaban J connectivity index is 2.02. The molecule has 1 aliphatic rings. The Kier molecular flexibility index (Phi) is 3.61. The van der Waals surface area contributed by atoms with Crippen molar-refractivity contribution >= 4 is 27.7 Å². The molecular weight excluding hydrogens is 336 g/mol. The van der Waals surface area contributed by atoms with Crippen LogP contribution in [0.5, 0.6) is 5.75 Å². The highest BCUT2D eigenvalue weighted by atomic mass is 79.9. The summed E-state index contributed by atoms with van der Waals surface area (Å²) in [6.07, 6.45) is -1.21. The molecular formula is C16H11BrO4. The predicted octanol–water partition coefficient (Wildman–Crippen LogP) is 2.90. The van der Waals surface area contributed by atoms with Gasteiger partial charge in [-0.25, -0.2) is 0 Å². The van der Waals surface area contributed by atoms with E-state index in [2.05, 4.69) is 15.9 Å². The molecule has 0 spiro atoms. The number of fused-ring (bicyclic) bond motifs is 1. The molecule has 106 valence electrons. The third kappa shape index (κ3) is 2.39. The Morgan fingerprint density at radius 2 is 1.76 bits per heavy atom. The van der Waals surface area contributed by atoms with Crippen LogP contribution in [0.2, 0.25) is 0 Å². The molecule has 1 heterocycles. The second-order valence-electron chi connectivity index (χ2n) is 4.73. The van der Waals surface area contributed by atoms with Gasteiger partial charge in [-0.15, -0.1) is 0 Å². The van der Waals surface area contributed by atoms with Crippen LogP contribution in [-0.2, 0) is 4.79 Å². The molecule has 2 aromatic rings. The molecule has 3 rings (SSSR count). The number of carbonyl (C=O) groups is 2. The van der Waals surface area contributed by atoms with E-state index in [4.69, 9.17) is 4.74 Å². The fourth-order valence-electron chi connectivity index (χ4n) is 2.38. The number of hydrogen-bond acceptors (Lipinski definition) is 4. The lowest BCUT2D eigenvalue weighted by molar-refractivity contribution is -0.142. The molecule has 21 heavy (non-hydrogen) atoms. The number of ketones is 1. The van der Waals surface area contributed by atoms with E-state index in [0.29, 0.717) is 21.3 Å². The van der Waals surface area contributed by atoms with E-state index >= 15 is 0 Å². The number of hydrogen-bond donors (Lipinski definition) is 1. The highest BCUT2D eigenvalue weighted by molar-refractivity contribution is 9.10. The molecule has 0 fully saturated rings. The second kappa shape index (κ2) is 5.42. The molecule has 0 bridgehead atoms. The van der Waals surface area contributed by atoms with Gasteiger partial charge in [0.25, 0.3) is 0 Å². The van der Waals surface area contributed by atoms with E-state index in [1.807, 2.05) is 0 Å². The van der Waals surface area contributed by atoms with Crippen molar-refractivity contribution in [1.82, 2.24) is 0 Å². The van der Waals surface area contributed by atoms with Gasteiger partial charge in [-0.1, -0.05) is 52.3 Å². The maximum atomic E-state index is 12.6. The molecule has 0 aliphatic carbocycles. The van der Waals surface area contributed by atoms with Crippen LogP contribution in [0.1, 0.15) is 22.0 Å². The summed E-state index contributed by atoms with van der Waals surface area (Å²) in [5, 5.41) is 10.4. The summed E-state index contributed by atoms with van der Waals surface area (Å²) in [4.78, 5) is 24.6. The van der Waals surface area contributed by atoms with Gasteiger partial charge in [0.05, 0.1) is 0 Å². The summed E-state index contributed by atoms with van der Waals surface area (Å²) < 4.78 is 5.74. The first kappa shape index (κ1) is 14.0. The lowest BCUT2D eigenvalue weighted by atomic mass is 9.86. The van der Waals surface area contributed by atoms with E-state index < -0.39 is 23.8 Å². The highest BCUT2D eigenvalue weighted by Gasteiger charge is 2.42. The Hall–Kier alpha value is -1.98. The SMILES string of the molecule is O=C1Oc2ccccc2[C@@H](O)[C@H]1C(=O)c1ccccc1Br. The molecule has 4 nitrogen and oxygen atoms in total. The van der Waals surface area contributed by atoms with Crippen molar-refractivity contribution in [2.75, 3.05) is 0 Å². The lowest BCUT2D eigenvalue weighted by Gasteiger charge is -2.27. The zero-order valence-corrected chi connectivity index (χ0v) is 12.4. The number of ether oxygens (including phenoxy) is 1. The lowest BCUT2D eigenvalue weighted by Crippen LogP contribution is -2.37. The number of para-hydroxylation sites is 1. The Morgan fingerprint density at radius 1 is 1.10 bits per heavy atom. The number of esters is 1. The van der Waals surface area contributed by atoms with Crippen LogP contribution < -0.4 is 4.74 Å². The summed E-state index contributed by atoms with van der Waals surface area (Å²) in [5.41, 5.74) is 0.792. The summed E-state index contributed by atoms with van der Waals surface area (Å²) >= 11 is 3.28.